The van der Waals surface area contributed by atoms with E-state index in [1.165, 1.54) is 12.4 Å². The molecule has 1 aromatic carbocycles. The molecule has 0 unspecified atom stereocenters. The van der Waals surface area contributed by atoms with Gasteiger partial charge in [0.15, 0.2) is 0 Å². The maximum atomic E-state index is 13.9. The Kier molecular flexibility index (Phi) is 3.59. The van der Waals surface area contributed by atoms with E-state index in [9.17, 15) is 4.39 Å². The molecule has 118 valence electrons. The molecule has 0 saturated heterocycles. The number of nitrogens with one attached hydrogen (secondary N) is 1. The van der Waals surface area contributed by atoms with Crippen molar-refractivity contribution >= 4 is 22.5 Å². The monoisotopic (exact) mass is 320 g/mol. The second kappa shape index (κ2) is 6.04. The van der Waals surface area contributed by atoms with Gasteiger partial charge in [0.2, 0.25) is 0 Å². The van der Waals surface area contributed by atoms with Crippen molar-refractivity contribution in [2.45, 2.75) is 6.54 Å². The summed E-state index contributed by atoms with van der Waals surface area (Å²) in [5, 5.41) is 8.34. The molecule has 0 radical (unpaired) electrons. The van der Waals surface area contributed by atoms with Crippen LogP contribution >= 0.6 is 0 Å². The van der Waals surface area contributed by atoms with Gasteiger partial charge in [0.25, 0.3) is 0 Å². The van der Waals surface area contributed by atoms with Crippen LogP contribution in [0.15, 0.2) is 61.3 Å². The van der Waals surface area contributed by atoms with Gasteiger partial charge in [-0.05, 0) is 12.1 Å². The van der Waals surface area contributed by atoms with Crippen LogP contribution in [0.4, 0.5) is 16.0 Å². The van der Waals surface area contributed by atoms with Crippen LogP contribution in [0.3, 0.4) is 0 Å². The molecule has 0 bridgehead atoms. The zero-order valence-corrected chi connectivity index (χ0v) is 12.6. The van der Waals surface area contributed by atoms with Gasteiger partial charge in [-0.2, -0.15) is 5.10 Å². The van der Waals surface area contributed by atoms with Crippen molar-refractivity contribution in [3.63, 3.8) is 0 Å². The lowest BCUT2D eigenvalue weighted by atomic mass is 10.2. The van der Waals surface area contributed by atoms with E-state index in [0.29, 0.717) is 23.7 Å². The summed E-state index contributed by atoms with van der Waals surface area (Å²) in [5.74, 6) is 1.04. The van der Waals surface area contributed by atoms with Crippen LogP contribution in [-0.4, -0.2) is 24.7 Å². The Bertz CT molecular complexity index is 983. The molecule has 7 heteroatoms. The average Bonchev–Trinajstić information content (AvgIpc) is 3.00. The smallest absolute Gasteiger partial charge is 0.134 e. The van der Waals surface area contributed by atoms with E-state index < -0.39 is 0 Å². The van der Waals surface area contributed by atoms with Gasteiger partial charge < -0.3 is 5.32 Å². The molecule has 0 aliphatic rings. The summed E-state index contributed by atoms with van der Waals surface area (Å²) >= 11 is 0. The predicted molar refractivity (Wildman–Crippen MR) is 88.3 cm³/mol. The number of anilines is 2. The molecule has 4 aromatic rings. The highest BCUT2D eigenvalue weighted by molar-refractivity contribution is 5.80. The summed E-state index contributed by atoms with van der Waals surface area (Å²) in [6.45, 7) is 0.354. The molecule has 24 heavy (non-hydrogen) atoms. The summed E-state index contributed by atoms with van der Waals surface area (Å²) in [5.41, 5.74) is 1.45. The number of fused-ring (bicyclic) bond motifs is 1. The van der Waals surface area contributed by atoms with Gasteiger partial charge in [-0.3, -0.25) is 4.68 Å². The fourth-order valence-electron chi connectivity index (χ4n) is 2.45. The zero-order valence-electron chi connectivity index (χ0n) is 12.6. The third kappa shape index (κ3) is 2.79. The summed E-state index contributed by atoms with van der Waals surface area (Å²) in [7, 11) is 0. The molecule has 0 aliphatic heterocycles. The summed E-state index contributed by atoms with van der Waals surface area (Å²) in [4.78, 5) is 12.3. The van der Waals surface area contributed by atoms with E-state index in [-0.39, 0.29) is 5.82 Å². The first kappa shape index (κ1) is 14.3. The number of hydrogen-bond donors (Lipinski definition) is 1. The molecule has 6 nitrogen and oxygen atoms in total. The lowest BCUT2D eigenvalue weighted by Gasteiger charge is -2.07. The fraction of sp³-hybridized carbons (Fsp3) is 0.0588. The second-order valence-electron chi connectivity index (χ2n) is 5.24. The van der Waals surface area contributed by atoms with Crippen molar-refractivity contribution in [3.05, 3.63) is 72.7 Å². The Balaban J connectivity index is 1.67. The van der Waals surface area contributed by atoms with Crippen molar-refractivity contribution < 1.29 is 4.39 Å². The minimum atomic E-state index is -0.241. The molecule has 1 N–H and O–H groups in total. The summed E-state index contributed by atoms with van der Waals surface area (Å²) < 4.78 is 15.6. The summed E-state index contributed by atoms with van der Waals surface area (Å²) in [6, 6.07) is 10.3. The molecule has 0 aliphatic carbocycles. The number of nitrogens with zero attached hydrogens (tertiary/aromatic N) is 5. The van der Waals surface area contributed by atoms with Crippen LogP contribution in [0.25, 0.3) is 10.9 Å². The first-order chi connectivity index (χ1) is 11.8. The van der Waals surface area contributed by atoms with Crippen LogP contribution in [-0.2, 0) is 6.54 Å². The largest absolute Gasteiger partial charge is 0.325 e. The van der Waals surface area contributed by atoms with Crippen molar-refractivity contribution in [1.82, 2.24) is 24.7 Å². The number of pyridine rings is 1. The van der Waals surface area contributed by atoms with Gasteiger partial charge in [0.1, 0.15) is 23.8 Å². The molecule has 0 fully saturated rings. The minimum Gasteiger partial charge on any atom is -0.325 e. The lowest BCUT2D eigenvalue weighted by molar-refractivity contribution is 0.590. The Labute approximate surface area is 137 Å². The average molecular weight is 320 g/mol. The van der Waals surface area contributed by atoms with Gasteiger partial charge in [-0.15, -0.1) is 0 Å². The number of hydrogen-bond acceptors (Lipinski definition) is 5. The van der Waals surface area contributed by atoms with E-state index in [1.807, 2.05) is 12.1 Å². The van der Waals surface area contributed by atoms with Gasteiger partial charge in [-0.1, -0.05) is 18.2 Å². The zero-order chi connectivity index (χ0) is 16.4. The molecule has 3 heterocycles. The lowest BCUT2D eigenvalue weighted by Crippen LogP contribution is -2.04. The predicted octanol–water partition coefficient (Wildman–Crippen LogP) is 3.15. The van der Waals surface area contributed by atoms with E-state index >= 15 is 0 Å². The molecular formula is C17H13FN6. The molecule has 3 aromatic heterocycles. The number of halogens is 1. The molecule has 4 rings (SSSR count). The van der Waals surface area contributed by atoms with Crippen molar-refractivity contribution in [3.8, 4) is 0 Å². The first-order valence-electron chi connectivity index (χ1n) is 7.37. The van der Waals surface area contributed by atoms with Crippen molar-refractivity contribution in [2.75, 3.05) is 5.32 Å². The fourth-order valence-corrected chi connectivity index (χ4v) is 2.45. The Morgan fingerprint density at radius 2 is 1.96 bits per heavy atom. The van der Waals surface area contributed by atoms with Crippen molar-refractivity contribution in [1.29, 1.82) is 0 Å². The highest BCUT2D eigenvalue weighted by atomic mass is 19.1. The Hall–Kier alpha value is -3.35. The van der Waals surface area contributed by atoms with Crippen LogP contribution in [0, 0.1) is 5.82 Å². The van der Waals surface area contributed by atoms with Crippen LogP contribution in [0.2, 0.25) is 0 Å². The Morgan fingerprint density at radius 3 is 2.79 bits per heavy atom. The van der Waals surface area contributed by atoms with Gasteiger partial charge >= 0.3 is 0 Å². The molecule has 0 amide bonds. The topological polar surface area (TPSA) is 68.5 Å². The van der Waals surface area contributed by atoms with E-state index in [0.717, 1.165) is 10.9 Å². The normalized spacial score (nSPS) is 10.9. The van der Waals surface area contributed by atoms with Gasteiger partial charge in [0, 0.05) is 29.4 Å². The molecule has 0 spiro atoms. The molecular weight excluding hydrogens is 307 g/mol. The minimum absolute atomic E-state index is 0.241. The standard InChI is InChI=1S/C17H13FN6/c18-14-4-2-1-3-12(14)10-24-15-7-17(20-8-13(15)9-22-24)23-16-5-6-19-11-21-16/h1-9,11H,10H2,(H,19,20,21,23). The molecule has 0 saturated carbocycles. The second-order valence-corrected chi connectivity index (χ2v) is 5.24. The first-order valence-corrected chi connectivity index (χ1v) is 7.37. The van der Waals surface area contributed by atoms with E-state index in [1.54, 1.807) is 41.5 Å². The van der Waals surface area contributed by atoms with E-state index in [2.05, 4.69) is 25.4 Å². The summed E-state index contributed by atoms with van der Waals surface area (Å²) in [6.07, 6.45) is 6.56. The number of aromatic nitrogens is 5. The maximum absolute atomic E-state index is 13.9. The maximum Gasteiger partial charge on any atom is 0.134 e. The molecule has 0 atom stereocenters. The quantitative estimate of drug-likeness (QED) is 0.625. The highest BCUT2D eigenvalue weighted by Crippen LogP contribution is 2.20. The highest BCUT2D eigenvalue weighted by Gasteiger charge is 2.08. The number of benzene rings is 1. The van der Waals surface area contributed by atoms with E-state index in [4.69, 9.17) is 0 Å². The van der Waals surface area contributed by atoms with Crippen LogP contribution in [0.5, 0.6) is 0 Å². The van der Waals surface area contributed by atoms with Crippen molar-refractivity contribution in [2.24, 2.45) is 0 Å². The third-order valence-corrected chi connectivity index (χ3v) is 3.64. The van der Waals surface area contributed by atoms with Gasteiger partial charge in [-0.25, -0.2) is 19.3 Å². The van der Waals surface area contributed by atoms with Gasteiger partial charge in [0.05, 0.1) is 18.3 Å². The van der Waals surface area contributed by atoms with Crippen LogP contribution in [0.1, 0.15) is 5.56 Å². The van der Waals surface area contributed by atoms with Crippen LogP contribution < -0.4 is 5.32 Å². The number of rotatable bonds is 4. The third-order valence-electron chi connectivity index (χ3n) is 3.64. The SMILES string of the molecule is Fc1ccccc1Cn1ncc2cnc(Nc3ccncn3)cc21. The Morgan fingerprint density at radius 1 is 1.04 bits per heavy atom.